The Balaban J connectivity index is 2.03. The van der Waals surface area contributed by atoms with E-state index in [1.165, 1.54) is 0 Å². The number of hydrogen-bond donors (Lipinski definition) is 4. The first-order valence-electron chi connectivity index (χ1n) is 13.0. The maximum absolute atomic E-state index is 11.8. The Morgan fingerprint density at radius 2 is 1.37 bits per heavy atom. The molecule has 1 amide bonds. The fourth-order valence-electron chi connectivity index (χ4n) is 3.56. The molecule has 0 aromatic heterocycles. The SMILES string of the molecule is CNCCCN1CCN(CCCNC(=O)OCC(O)COC(=O)CCC(=O)OCC(CO)OC(C)=O)CC1. The second-order valence-electron chi connectivity index (χ2n) is 8.95. The zero-order valence-electron chi connectivity index (χ0n) is 22.5. The Bertz CT molecular complexity index is 704. The third-order valence-electron chi connectivity index (χ3n) is 5.63. The van der Waals surface area contributed by atoms with Crippen molar-refractivity contribution < 1.29 is 48.3 Å². The molecule has 0 spiro atoms. The van der Waals surface area contributed by atoms with Crippen molar-refractivity contribution in [3.8, 4) is 0 Å². The van der Waals surface area contributed by atoms with Crippen LogP contribution >= 0.6 is 0 Å². The molecule has 38 heavy (non-hydrogen) atoms. The molecule has 1 aliphatic heterocycles. The van der Waals surface area contributed by atoms with Crippen LogP contribution in [0.1, 0.15) is 32.6 Å². The molecule has 0 aromatic rings. The predicted octanol–water partition coefficient (Wildman–Crippen LogP) is -1.52. The van der Waals surface area contributed by atoms with Gasteiger partial charge in [0.25, 0.3) is 0 Å². The van der Waals surface area contributed by atoms with Crippen molar-refractivity contribution in [3.63, 3.8) is 0 Å². The van der Waals surface area contributed by atoms with Crippen LogP contribution in [0.25, 0.3) is 0 Å². The Kier molecular flexibility index (Phi) is 18.0. The number of aliphatic hydroxyl groups excluding tert-OH is 2. The van der Waals surface area contributed by atoms with E-state index in [0.717, 1.165) is 65.6 Å². The number of aliphatic hydroxyl groups is 2. The lowest BCUT2D eigenvalue weighted by atomic mass is 10.2. The fourth-order valence-corrected chi connectivity index (χ4v) is 3.56. The highest BCUT2D eigenvalue weighted by Gasteiger charge is 2.18. The zero-order chi connectivity index (χ0) is 28.2. The van der Waals surface area contributed by atoms with Gasteiger partial charge in [0, 0.05) is 39.6 Å². The Hall–Kier alpha value is -2.52. The highest BCUT2D eigenvalue weighted by Crippen LogP contribution is 2.03. The van der Waals surface area contributed by atoms with Crippen LogP contribution in [0.4, 0.5) is 4.79 Å². The third kappa shape index (κ3) is 17.1. The Morgan fingerprint density at radius 3 is 1.89 bits per heavy atom. The molecule has 14 nitrogen and oxygen atoms in total. The van der Waals surface area contributed by atoms with E-state index < -0.39 is 49.4 Å². The van der Waals surface area contributed by atoms with Gasteiger partial charge in [0.2, 0.25) is 0 Å². The van der Waals surface area contributed by atoms with Crippen LogP contribution in [0.5, 0.6) is 0 Å². The molecule has 14 heteroatoms. The summed E-state index contributed by atoms with van der Waals surface area (Å²) in [5, 5.41) is 24.7. The Morgan fingerprint density at radius 1 is 0.842 bits per heavy atom. The minimum absolute atomic E-state index is 0.293. The highest BCUT2D eigenvalue weighted by atomic mass is 16.6. The number of rotatable bonds is 19. The van der Waals surface area contributed by atoms with Gasteiger partial charge < -0.3 is 49.6 Å². The molecule has 2 unspecified atom stereocenters. The quantitative estimate of drug-likeness (QED) is 0.0832. The minimum Gasteiger partial charge on any atom is -0.463 e. The summed E-state index contributed by atoms with van der Waals surface area (Å²) in [6.07, 6.45) is -1.52. The number of ether oxygens (including phenoxy) is 4. The molecule has 1 rings (SSSR count). The number of carbonyl (C=O) groups excluding carboxylic acids is 4. The van der Waals surface area contributed by atoms with Crippen molar-refractivity contribution in [1.82, 2.24) is 20.4 Å². The third-order valence-corrected chi connectivity index (χ3v) is 5.63. The normalized spacial score (nSPS) is 15.8. The highest BCUT2D eigenvalue weighted by molar-refractivity contribution is 5.77. The molecule has 1 saturated heterocycles. The zero-order valence-corrected chi connectivity index (χ0v) is 22.5. The summed E-state index contributed by atoms with van der Waals surface area (Å²) in [4.78, 5) is 50.9. The number of carbonyl (C=O) groups is 4. The van der Waals surface area contributed by atoms with E-state index in [0.29, 0.717) is 6.54 Å². The topological polar surface area (TPSA) is 176 Å². The smallest absolute Gasteiger partial charge is 0.407 e. The standard InChI is InChI=1S/C24H44N4O10/c1-19(30)38-21(15-29)18-36-23(33)6-5-22(32)35-16-20(31)17-37-24(34)26-8-4-10-28-13-11-27(12-14-28)9-3-7-25-2/h20-21,25,29,31H,3-18H2,1-2H3,(H,26,34). The maximum atomic E-state index is 11.8. The number of nitrogens with one attached hydrogen (secondary N) is 2. The minimum atomic E-state index is -1.21. The molecule has 4 N–H and O–H groups in total. The van der Waals surface area contributed by atoms with E-state index in [1.54, 1.807) is 0 Å². The van der Waals surface area contributed by atoms with Gasteiger partial charge >= 0.3 is 24.0 Å². The van der Waals surface area contributed by atoms with E-state index in [1.807, 2.05) is 7.05 Å². The molecule has 0 aliphatic carbocycles. The molecule has 1 aliphatic rings. The lowest BCUT2D eigenvalue weighted by Gasteiger charge is -2.34. The summed E-state index contributed by atoms with van der Waals surface area (Å²) in [7, 11) is 1.96. The van der Waals surface area contributed by atoms with Crippen LogP contribution in [-0.4, -0.2) is 142 Å². The van der Waals surface area contributed by atoms with E-state index >= 15 is 0 Å². The molecule has 0 saturated carbocycles. The van der Waals surface area contributed by atoms with Gasteiger partial charge in [-0.25, -0.2) is 4.79 Å². The number of esters is 3. The average molecular weight is 549 g/mol. The summed E-state index contributed by atoms with van der Waals surface area (Å²) in [5.41, 5.74) is 0. The van der Waals surface area contributed by atoms with E-state index in [4.69, 9.17) is 24.1 Å². The molecule has 0 aromatic carbocycles. The van der Waals surface area contributed by atoms with Gasteiger partial charge in [-0.15, -0.1) is 0 Å². The lowest BCUT2D eigenvalue weighted by Crippen LogP contribution is -2.47. The van der Waals surface area contributed by atoms with E-state index in [-0.39, 0.29) is 26.1 Å². The van der Waals surface area contributed by atoms with Gasteiger partial charge in [-0.05, 0) is 39.5 Å². The van der Waals surface area contributed by atoms with Gasteiger partial charge in [-0.3, -0.25) is 14.4 Å². The molecule has 0 bridgehead atoms. The van der Waals surface area contributed by atoms with Crippen LogP contribution in [0, 0.1) is 0 Å². The van der Waals surface area contributed by atoms with Crippen LogP contribution in [0.3, 0.4) is 0 Å². The first-order valence-corrected chi connectivity index (χ1v) is 13.0. The van der Waals surface area contributed by atoms with Crippen molar-refractivity contribution in [2.75, 3.05) is 85.8 Å². The second kappa shape index (κ2) is 20.4. The van der Waals surface area contributed by atoms with Crippen LogP contribution < -0.4 is 10.6 Å². The molecule has 1 fully saturated rings. The average Bonchev–Trinajstić information content (AvgIpc) is 2.90. The Labute approximate surface area is 223 Å². The molecule has 2 atom stereocenters. The molecule has 220 valence electrons. The molecule has 0 radical (unpaired) electrons. The van der Waals surface area contributed by atoms with Gasteiger partial charge in [-0.1, -0.05) is 0 Å². The van der Waals surface area contributed by atoms with Gasteiger partial charge in [0.1, 0.15) is 25.9 Å². The summed E-state index contributed by atoms with van der Waals surface area (Å²) in [6.45, 7) is 7.13. The van der Waals surface area contributed by atoms with Gasteiger partial charge in [0.05, 0.1) is 19.4 Å². The summed E-state index contributed by atoms with van der Waals surface area (Å²) < 4.78 is 19.3. The second-order valence-corrected chi connectivity index (χ2v) is 8.95. The maximum Gasteiger partial charge on any atom is 0.407 e. The van der Waals surface area contributed by atoms with E-state index in [2.05, 4.69) is 20.4 Å². The van der Waals surface area contributed by atoms with Crippen molar-refractivity contribution >= 4 is 24.0 Å². The number of hydrogen-bond acceptors (Lipinski definition) is 13. The molecular formula is C24H44N4O10. The summed E-state index contributed by atoms with van der Waals surface area (Å²) >= 11 is 0. The van der Waals surface area contributed by atoms with Crippen LogP contribution in [0.2, 0.25) is 0 Å². The lowest BCUT2D eigenvalue weighted by molar-refractivity contribution is -0.160. The first-order chi connectivity index (χ1) is 18.2. The monoisotopic (exact) mass is 548 g/mol. The first kappa shape index (κ1) is 33.5. The summed E-state index contributed by atoms with van der Waals surface area (Å²) in [5.74, 6) is -2.11. The number of amides is 1. The predicted molar refractivity (Wildman–Crippen MR) is 135 cm³/mol. The van der Waals surface area contributed by atoms with E-state index in [9.17, 15) is 24.3 Å². The van der Waals surface area contributed by atoms with Crippen LogP contribution in [-0.2, 0) is 33.3 Å². The molecular weight excluding hydrogens is 504 g/mol. The molecule has 1 heterocycles. The summed E-state index contributed by atoms with van der Waals surface area (Å²) in [6, 6.07) is 0. The number of nitrogens with zero attached hydrogens (tertiary/aromatic N) is 2. The number of piperazine rings is 1. The van der Waals surface area contributed by atoms with Crippen molar-refractivity contribution in [1.29, 1.82) is 0 Å². The van der Waals surface area contributed by atoms with Crippen molar-refractivity contribution in [2.45, 2.75) is 44.8 Å². The van der Waals surface area contributed by atoms with Crippen LogP contribution in [0.15, 0.2) is 0 Å². The van der Waals surface area contributed by atoms with Crippen molar-refractivity contribution in [2.24, 2.45) is 0 Å². The van der Waals surface area contributed by atoms with Gasteiger partial charge in [-0.2, -0.15) is 0 Å². The number of alkyl carbamates (subject to hydrolysis) is 1. The fraction of sp³-hybridized carbons (Fsp3) is 0.833. The van der Waals surface area contributed by atoms with Gasteiger partial charge in [0.15, 0.2) is 6.10 Å². The van der Waals surface area contributed by atoms with Crippen molar-refractivity contribution in [3.05, 3.63) is 0 Å². The largest absolute Gasteiger partial charge is 0.463 e.